The van der Waals surface area contributed by atoms with E-state index in [0.717, 1.165) is 10.1 Å². The van der Waals surface area contributed by atoms with Gasteiger partial charge in [-0.1, -0.05) is 29.3 Å². The molecule has 0 atom stereocenters. The SMILES string of the molecule is Cc1ccc(-n2c(C(F)(F)F)nc3ccc(Cl)cc32)cc1. The highest BCUT2D eigenvalue weighted by Gasteiger charge is 2.38. The van der Waals surface area contributed by atoms with Crippen LogP contribution in [0.25, 0.3) is 16.7 Å². The van der Waals surface area contributed by atoms with Crippen LogP contribution in [-0.2, 0) is 6.18 Å². The van der Waals surface area contributed by atoms with Gasteiger partial charge in [0.05, 0.1) is 11.0 Å². The fraction of sp³-hybridized carbons (Fsp3) is 0.133. The molecule has 0 aliphatic rings. The molecule has 0 aliphatic carbocycles. The molecule has 0 N–H and O–H groups in total. The lowest BCUT2D eigenvalue weighted by Gasteiger charge is -2.11. The number of hydrogen-bond acceptors (Lipinski definition) is 1. The van der Waals surface area contributed by atoms with Crippen molar-refractivity contribution in [1.29, 1.82) is 0 Å². The first-order chi connectivity index (χ1) is 9.86. The second-order valence-corrected chi connectivity index (χ2v) is 5.17. The first-order valence-corrected chi connectivity index (χ1v) is 6.56. The molecular formula is C15H10ClF3N2. The second-order valence-electron chi connectivity index (χ2n) is 4.74. The summed E-state index contributed by atoms with van der Waals surface area (Å²) >= 11 is 5.90. The highest BCUT2D eigenvalue weighted by atomic mass is 35.5. The Morgan fingerprint density at radius 2 is 1.71 bits per heavy atom. The van der Waals surface area contributed by atoms with Crippen LogP contribution in [-0.4, -0.2) is 9.55 Å². The minimum atomic E-state index is -4.55. The van der Waals surface area contributed by atoms with Gasteiger partial charge in [0.15, 0.2) is 0 Å². The normalized spacial score (nSPS) is 12.0. The van der Waals surface area contributed by atoms with E-state index in [0.29, 0.717) is 16.2 Å². The van der Waals surface area contributed by atoms with Gasteiger partial charge in [0.2, 0.25) is 5.82 Å². The van der Waals surface area contributed by atoms with E-state index in [2.05, 4.69) is 4.98 Å². The van der Waals surface area contributed by atoms with E-state index < -0.39 is 12.0 Å². The van der Waals surface area contributed by atoms with Gasteiger partial charge in [-0.3, -0.25) is 4.57 Å². The topological polar surface area (TPSA) is 17.8 Å². The predicted octanol–water partition coefficient (Wildman–Crippen LogP) is 5.01. The van der Waals surface area contributed by atoms with Crippen LogP contribution in [0.3, 0.4) is 0 Å². The lowest BCUT2D eigenvalue weighted by molar-refractivity contribution is -0.145. The van der Waals surface area contributed by atoms with Gasteiger partial charge in [-0.15, -0.1) is 0 Å². The number of fused-ring (bicyclic) bond motifs is 1. The van der Waals surface area contributed by atoms with Crippen molar-refractivity contribution in [3.63, 3.8) is 0 Å². The second kappa shape index (κ2) is 4.77. The van der Waals surface area contributed by atoms with Crippen molar-refractivity contribution in [3.05, 3.63) is 58.9 Å². The van der Waals surface area contributed by atoms with Crippen LogP contribution in [0.15, 0.2) is 42.5 Å². The number of aryl methyl sites for hydroxylation is 1. The van der Waals surface area contributed by atoms with E-state index in [1.807, 2.05) is 6.92 Å². The van der Waals surface area contributed by atoms with Crippen molar-refractivity contribution < 1.29 is 13.2 Å². The van der Waals surface area contributed by atoms with Gasteiger partial charge in [0, 0.05) is 10.7 Å². The first kappa shape index (κ1) is 13.9. The summed E-state index contributed by atoms with van der Waals surface area (Å²) in [5, 5.41) is 0.365. The maximum atomic E-state index is 13.2. The van der Waals surface area contributed by atoms with Gasteiger partial charge in [0.1, 0.15) is 0 Å². The van der Waals surface area contributed by atoms with Crippen LogP contribution >= 0.6 is 11.6 Å². The number of alkyl halides is 3. The summed E-state index contributed by atoms with van der Waals surface area (Å²) in [5.41, 5.74) is 1.96. The fourth-order valence-corrected chi connectivity index (χ4v) is 2.36. The van der Waals surface area contributed by atoms with Crippen molar-refractivity contribution >= 4 is 22.6 Å². The van der Waals surface area contributed by atoms with Crippen LogP contribution in [0.5, 0.6) is 0 Å². The largest absolute Gasteiger partial charge is 0.450 e. The van der Waals surface area contributed by atoms with E-state index in [1.165, 1.54) is 18.2 Å². The zero-order valence-electron chi connectivity index (χ0n) is 10.9. The van der Waals surface area contributed by atoms with Crippen molar-refractivity contribution in [2.75, 3.05) is 0 Å². The van der Waals surface area contributed by atoms with E-state index >= 15 is 0 Å². The van der Waals surface area contributed by atoms with Crippen molar-refractivity contribution in [2.45, 2.75) is 13.1 Å². The van der Waals surface area contributed by atoms with Crippen molar-refractivity contribution in [2.24, 2.45) is 0 Å². The molecule has 0 saturated heterocycles. The molecule has 0 unspecified atom stereocenters. The van der Waals surface area contributed by atoms with Gasteiger partial charge < -0.3 is 0 Å². The molecule has 0 radical (unpaired) electrons. The summed E-state index contributed by atoms with van der Waals surface area (Å²) < 4.78 is 40.8. The molecule has 0 fully saturated rings. The van der Waals surface area contributed by atoms with Crippen molar-refractivity contribution in [3.8, 4) is 5.69 Å². The third-order valence-electron chi connectivity index (χ3n) is 3.16. The third-order valence-corrected chi connectivity index (χ3v) is 3.40. The van der Waals surface area contributed by atoms with Gasteiger partial charge >= 0.3 is 6.18 Å². The molecule has 108 valence electrons. The number of rotatable bonds is 1. The van der Waals surface area contributed by atoms with Gasteiger partial charge in [-0.05, 0) is 37.3 Å². The average molecular weight is 311 g/mol. The minimum Gasteiger partial charge on any atom is -0.289 e. The van der Waals surface area contributed by atoms with Crippen LogP contribution in [0.4, 0.5) is 13.2 Å². The Morgan fingerprint density at radius 3 is 2.33 bits per heavy atom. The zero-order valence-corrected chi connectivity index (χ0v) is 11.7. The Labute approximate surface area is 123 Å². The van der Waals surface area contributed by atoms with E-state index in [4.69, 9.17) is 11.6 Å². The predicted molar refractivity (Wildman–Crippen MR) is 75.8 cm³/mol. The number of nitrogens with zero attached hydrogens (tertiary/aromatic N) is 2. The maximum Gasteiger partial charge on any atom is 0.450 e. The Bertz CT molecular complexity index is 804. The molecule has 0 amide bonds. The molecule has 1 heterocycles. The summed E-state index contributed by atoms with van der Waals surface area (Å²) in [7, 11) is 0. The smallest absolute Gasteiger partial charge is 0.289 e. The highest BCUT2D eigenvalue weighted by Crippen LogP contribution is 2.34. The van der Waals surface area contributed by atoms with Crippen LogP contribution in [0, 0.1) is 6.92 Å². The Hall–Kier alpha value is -2.01. The van der Waals surface area contributed by atoms with Crippen molar-refractivity contribution in [1.82, 2.24) is 9.55 Å². The molecule has 3 aromatic rings. The Balaban J connectivity index is 2.36. The summed E-state index contributed by atoms with van der Waals surface area (Å²) in [6.45, 7) is 1.87. The molecule has 0 aliphatic heterocycles. The molecule has 3 rings (SSSR count). The molecule has 0 bridgehead atoms. The Kier molecular flexibility index (Phi) is 3.17. The minimum absolute atomic E-state index is 0.257. The monoisotopic (exact) mass is 310 g/mol. The summed E-state index contributed by atoms with van der Waals surface area (Å²) in [6.07, 6.45) is -4.55. The first-order valence-electron chi connectivity index (χ1n) is 6.18. The molecule has 0 spiro atoms. The summed E-state index contributed by atoms with van der Waals surface area (Å²) in [6, 6.07) is 11.3. The quantitative estimate of drug-likeness (QED) is 0.618. The summed E-state index contributed by atoms with van der Waals surface area (Å²) in [5.74, 6) is -0.955. The standard InChI is InChI=1S/C15H10ClF3N2/c1-9-2-5-11(6-3-9)21-13-8-10(16)4-7-12(13)20-14(21)15(17,18)19/h2-8H,1H3. The molecular weight excluding hydrogens is 301 g/mol. The molecule has 0 saturated carbocycles. The Morgan fingerprint density at radius 1 is 1.05 bits per heavy atom. The van der Waals surface area contributed by atoms with Gasteiger partial charge in [-0.25, -0.2) is 4.98 Å². The van der Waals surface area contributed by atoms with Crippen LogP contribution in [0.1, 0.15) is 11.4 Å². The van der Waals surface area contributed by atoms with E-state index in [9.17, 15) is 13.2 Å². The molecule has 6 heteroatoms. The number of imidazole rings is 1. The van der Waals surface area contributed by atoms with E-state index in [-0.39, 0.29) is 5.52 Å². The van der Waals surface area contributed by atoms with E-state index in [1.54, 1.807) is 24.3 Å². The maximum absolute atomic E-state index is 13.2. The number of aromatic nitrogens is 2. The highest BCUT2D eigenvalue weighted by molar-refractivity contribution is 6.31. The summed E-state index contributed by atoms with van der Waals surface area (Å²) in [4.78, 5) is 3.70. The average Bonchev–Trinajstić information content (AvgIpc) is 2.78. The lowest BCUT2D eigenvalue weighted by atomic mass is 10.2. The molecule has 1 aromatic heterocycles. The zero-order chi connectivity index (χ0) is 15.2. The number of halogens is 4. The van der Waals surface area contributed by atoms with Gasteiger partial charge in [0.25, 0.3) is 0 Å². The number of benzene rings is 2. The fourth-order valence-electron chi connectivity index (χ4n) is 2.19. The van der Waals surface area contributed by atoms with Crippen LogP contribution < -0.4 is 0 Å². The molecule has 21 heavy (non-hydrogen) atoms. The third kappa shape index (κ3) is 2.49. The van der Waals surface area contributed by atoms with Gasteiger partial charge in [-0.2, -0.15) is 13.2 Å². The molecule has 2 aromatic carbocycles. The number of hydrogen-bond donors (Lipinski definition) is 0. The van der Waals surface area contributed by atoms with Crippen LogP contribution in [0.2, 0.25) is 5.02 Å². The molecule has 2 nitrogen and oxygen atoms in total. The lowest BCUT2D eigenvalue weighted by Crippen LogP contribution is -2.13.